The number of methoxy groups -OCH3 is 1. The zero-order valence-electron chi connectivity index (χ0n) is 14.8. The minimum atomic E-state index is -0.0533. The highest BCUT2D eigenvalue weighted by molar-refractivity contribution is 5.94. The van der Waals surface area contributed by atoms with E-state index in [1.807, 2.05) is 24.3 Å². The predicted molar refractivity (Wildman–Crippen MR) is 96.7 cm³/mol. The van der Waals surface area contributed by atoms with Gasteiger partial charge in [-0.15, -0.1) is 0 Å². The predicted octanol–water partition coefficient (Wildman–Crippen LogP) is 2.50. The highest BCUT2D eigenvalue weighted by atomic mass is 16.5. The van der Waals surface area contributed by atoms with Gasteiger partial charge in [0, 0.05) is 24.6 Å². The molecule has 0 N–H and O–H groups in total. The van der Waals surface area contributed by atoms with Crippen LogP contribution in [0.2, 0.25) is 0 Å². The summed E-state index contributed by atoms with van der Waals surface area (Å²) in [7, 11) is 1.61. The molecule has 8 heteroatoms. The molecule has 0 saturated carbocycles. The lowest BCUT2D eigenvalue weighted by atomic mass is 10.2. The van der Waals surface area contributed by atoms with Gasteiger partial charge in [0.1, 0.15) is 12.4 Å². The van der Waals surface area contributed by atoms with Gasteiger partial charge in [-0.2, -0.15) is 4.98 Å². The summed E-state index contributed by atoms with van der Waals surface area (Å²) in [4.78, 5) is 22.9. The Bertz CT molecular complexity index is 939. The lowest BCUT2D eigenvalue weighted by molar-refractivity contribution is -0.119. The maximum Gasteiger partial charge on any atom is 0.228 e. The number of aryl methyl sites for hydroxylation is 1. The minimum Gasteiger partial charge on any atom is -0.497 e. The second kappa shape index (κ2) is 7.45. The van der Waals surface area contributed by atoms with Crippen molar-refractivity contribution in [1.29, 1.82) is 0 Å². The molecular weight excluding hydrogens is 348 g/mol. The van der Waals surface area contributed by atoms with Gasteiger partial charge in [-0.05, 0) is 36.4 Å². The van der Waals surface area contributed by atoms with E-state index >= 15 is 0 Å². The summed E-state index contributed by atoms with van der Waals surface area (Å²) in [6, 6.07) is 11.0. The van der Waals surface area contributed by atoms with Crippen LogP contribution < -0.4 is 14.4 Å². The first-order valence-electron chi connectivity index (χ1n) is 8.60. The summed E-state index contributed by atoms with van der Waals surface area (Å²) in [5, 5.41) is 3.98. The average molecular weight is 366 g/mol. The van der Waals surface area contributed by atoms with E-state index in [2.05, 4.69) is 15.1 Å². The van der Waals surface area contributed by atoms with E-state index in [4.69, 9.17) is 14.0 Å². The topological polar surface area (TPSA) is 90.6 Å². The number of aromatic nitrogens is 3. The molecule has 0 atom stereocenters. The summed E-state index contributed by atoms with van der Waals surface area (Å²) >= 11 is 0. The van der Waals surface area contributed by atoms with Gasteiger partial charge in [-0.25, -0.2) is 4.98 Å². The number of anilines is 1. The molecule has 1 aliphatic heterocycles. The monoisotopic (exact) mass is 366 g/mol. The molecule has 138 valence electrons. The molecule has 0 saturated heterocycles. The van der Waals surface area contributed by atoms with Crippen molar-refractivity contribution in [3.05, 3.63) is 48.5 Å². The Balaban J connectivity index is 1.41. The van der Waals surface area contributed by atoms with E-state index in [9.17, 15) is 4.79 Å². The minimum absolute atomic E-state index is 0.0533. The van der Waals surface area contributed by atoms with Gasteiger partial charge >= 0.3 is 0 Å². The molecular formula is C19H18N4O4. The van der Waals surface area contributed by atoms with Crippen LogP contribution in [0.15, 0.2) is 47.1 Å². The Morgan fingerprint density at radius 1 is 1.26 bits per heavy atom. The van der Waals surface area contributed by atoms with E-state index in [1.54, 1.807) is 30.3 Å². The summed E-state index contributed by atoms with van der Waals surface area (Å²) in [6.45, 7) is 0.927. The van der Waals surface area contributed by atoms with Crippen molar-refractivity contribution in [3.8, 4) is 22.9 Å². The summed E-state index contributed by atoms with van der Waals surface area (Å²) in [5.74, 6) is 2.78. The summed E-state index contributed by atoms with van der Waals surface area (Å²) in [6.07, 6.45) is 2.26. The first-order valence-corrected chi connectivity index (χ1v) is 8.60. The normalized spacial score (nSPS) is 13.0. The Hall–Kier alpha value is -3.42. The quantitative estimate of drug-likeness (QED) is 0.685. The lowest BCUT2D eigenvalue weighted by Gasteiger charge is -2.28. The highest BCUT2D eigenvalue weighted by Crippen LogP contribution is 2.29. The number of hydrogen-bond acceptors (Lipinski definition) is 7. The largest absolute Gasteiger partial charge is 0.497 e. The van der Waals surface area contributed by atoms with Gasteiger partial charge in [0.15, 0.2) is 11.6 Å². The fraction of sp³-hybridized carbons (Fsp3) is 0.263. The summed E-state index contributed by atoms with van der Waals surface area (Å²) < 4.78 is 15.9. The molecule has 0 bridgehead atoms. The van der Waals surface area contributed by atoms with Crippen molar-refractivity contribution in [3.63, 3.8) is 0 Å². The van der Waals surface area contributed by atoms with Crippen molar-refractivity contribution in [2.45, 2.75) is 12.8 Å². The third-order valence-corrected chi connectivity index (χ3v) is 4.25. The second-order valence-corrected chi connectivity index (χ2v) is 5.96. The second-order valence-electron chi connectivity index (χ2n) is 5.96. The maximum absolute atomic E-state index is 12.6. The number of amides is 1. The standard InChI is InChI=1S/C19H18N4O4/c1-25-14-6-4-13(5-7-14)18-21-16(27-22-18)8-9-17(24)23-11-12-26-15-3-2-10-20-19(15)23/h2-7,10H,8-9,11-12H2,1H3. The number of pyridine rings is 1. The molecule has 2 aromatic heterocycles. The van der Waals surface area contributed by atoms with Gasteiger partial charge in [0.25, 0.3) is 0 Å². The van der Waals surface area contributed by atoms with Gasteiger partial charge in [0.05, 0.1) is 13.7 Å². The zero-order valence-corrected chi connectivity index (χ0v) is 14.8. The Morgan fingerprint density at radius 2 is 2.11 bits per heavy atom. The molecule has 1 amide bonds. The number of carbonyl (C=O) groups excluding carboxylic acids is 1. The van der Waals surface area contributed by atoms with E-state index in [0.717, 1.165) is 11.3 Å². The van der Waals surface area contributed by atoms with Crippen LogP contribution in [0.25, 0.3) is 11.4 Å². The van der Waals surface area contributed by atoms with Crippen LogP contribution in [0, 0.1) is 0 Å². The smallest absolute Gasteiger partial charge is 0.228 e. The van der Waals surface area contributed by atoms with Crippen LogP contribution in [-0.2, 0) is 11.2 Å². The summed E-state index contributed by atoms with van der Waals surface area (Å²) in [5.41, 5.74) is 0.823. The molecule has 1 aromatic carbocycles. The molecule has 3 heterocycles. The first-order chi connectivity index (χ1) is 13.2. The van der Waals surface area contributed by atoms with Crippen molar-refractivity contribution >= 4 is 11.7 Å². The van der Waals surface area contributed by atoms with Gasteiger partial charge in [-0.1, -0.05) is 5.16 Å². The molecule has 8 nitrogen and oxygen atoms in total. The number of fused-ring (bicyclic) bond motifs is 1. The zero-order chi connectivity index (χ0) is 18.6. The van der Waals surface area contributed by atoms with Gasteiger partial charge in [0.2, 0.25) is 17.6 Å². The number of ether oxygens (including phenoxy) is 2. The lowest BCUT2D eigenvalue weighted by Crippen LogP contribution is -2.38. The molecule has 0 fully saturated rings. The molecule has 0 radical (unpaired) electrons. The molecule has 0 aliphatic carbocycles. The van der Waals surface area contributed by atoms with Crippen LogP contribution in [-0.4, -0.2) is 41.3 Å². The van der Waals surface area contributed by atoms with E-state index < -0.39 is 0 Å². The van der Waals surface area contributed by atoms with E-state index in [0.29, 0.717) is 42.9 Å². The number of rotatable bonds is 5. The maximum atomic E-state index is 12.6. The molecule has 1 aliphatic rings. The highest BCUT2D eigenvalue weighted by Gasteiger charge is 2.25. The number of carbonyl (C=O) groups is 1. The van der Waals surface area contributed by atoms with E-state index in [-0.39, 0.29) is 12.3 Å². The average Bonchev–Trinajstić information content (AvgIpc) is 3.20. The third kappa shape index (κ3) is 3.59. The fourth-order valence-electron chi connectivity index (χ4n) is 2.86. The van der Waals surface area contributed by atoms with Gasteiger partial charge in [-0.3, -0.25) is 9.69 Å². The molecule has 0 unspecified atom stereocenters. The van der Waals surface area contributed by atoms with Crippen molar-refractivity contribution < 1.29 is 18.8 Å². The molecule has 27 heavy (non-hydrogen) atoms. The Kier molecular flexibility index (Phi) is 4.69. The van der Waals surface area contributed by atoms with Crippen LogP contribution >= 0.6 is 0 Å². The van der Waals surface area contributed by atoms with Crippen LogP contribution in [0.4, 0.5) is 5.82 Å². The first kappa shape index (κ1) is 17.0. The van der Waals surface area contributed by atoms with Crippen molar-refractivity contribution in [2.24, 2.45) is 0 Å². The Morgan fingerprint density at radius 3 is 2.93 bits per heavy atom. The molecule has 0 spiro atoms. The number of nitrogens with zero attached hydrogens (tertiary/aromatic N) is 4. The molecule has 4 rings (SSSR count). The van der Waals surface area contributed by atoms with Gasteiger partial charge < -0.3 is 14.0 Å². The van der Waals surface area contributed by atoms with Crippen LogP contribution in [0.5, 0.6) is 11.5 Å². The van der Waals surface area contributed by atoms with Crippen LogP contribution in [0.3, 0.4) is 0 Å². The fourth-order valence-corrected chi connectivity index (χ4v) is 2.86. The Labute approximate surface area is 155 Å². The van der Waals surface area contributed by atoms with E-state index in [1.165, 1.54) is 0 Å². The third-order valence-electron chi connectivity index (χ3n) is 4.25. The SMILES string of the molecule is COc1ccc(-c2noc(CCC(=O)N3CCOc4cccnc43)n2)cc1. The number of hydrogen-bond donors (Lipinski definition) is 0. The van der Waals surface area contributed by atoms with Crippen molar-refractivity contribution in [2.75, 3.05) is 25.2 Å². The number of benzene rings is 1. The van der Waals surface area contributed by atoms with Crippen molar-refractivity contribution in [1.82, 2.24) is 15.1 Å². The van der Waals surface area contributed by atoms with Crippen LogP contribution in [0.1, 0.15) is 12.3 Å². The molecule has 3 aromatic rings.